The molecule has 0 heteroatoms. The van der Waals surface area contributed by atoms with Crippen LogP contribution in [0.5, 0.6) is 0 Å². The molecule has 0 atom stereocenters. The highest BCUT2D eigenvalue weighted by molar-refractivity contribution is 5.41. The Morgan fingerprint density at radius 1 is 0.955 bits per heavy atom. The molecule has 116 valence electrons. The first-order valence-corrected chi connectivity index (χ1v) is 8.92. The van der Waals surface area contributed by atoms with Gasteiger partial charge in [-0.05, 0) is 67.6 Å². The van der Waals surface area contributed by atoms with Gasteiger partial charge < -0.3 is 0 Å². The molecule has 0 amide bonds. The maximum atomic E-state index is 3.37. The van der Waals surface area contributed by atoms with Crippen molar-refractivity contribution >= 4 is 0 Å². The van der Waals surface area contributed by atoms with Gasteiger partial charge >= 0.3 is 0 Å². The Balaban J connectivity index is 1.78. The maximum Gasteiger partial charge on any atom is 0.0255 e. The lowest BCUT2D eigenvalue weighted by atomic mass is 9.80. The highest BCUT2D eigenvalue weighted by Gasteiger charge is 2.18. The Kier molecular flexibility index (Phi) is 7.12. The number of benzene rings is 1. The first-order valence-electron chi connectivity index (χ1n) is 8.92. The summed E-state index contributed by atoms with van der Waals surface area (Å²) in [4.78, 5) is 0. The van der Waals surface area contributed by atoms with Crippen molar-refractivity contribution in [2.24, 2.45) is 11.8 Å². The molecule has 0 saturated heterocycles. The topological polar surface area (TPSA) is 0 Å². The van der Waals surface area contributed by atoms with Gasteiger partial charge in [-0.15, -0.1) is 0 Å². The molecule has 0 N–H and O–H groups in total. The fourth-order valence-corrected chi connectivity index (χ4v) is 3.15. The zero-order chi connectivity index (χ0) is 15.6. The molecule has 0 aromatic heterocycles. The van der Waals surface area contributed by atoms with E-state index in [9.17, 15) is 0 Å². The van der Waals surface area contributed by atoms with Crippen molar-refractivity contribution in [1.82, 2.24) is 0 Å². The van der Waals surface area contributed by atoms with E-state index in [-0.39, 0.29) is 0 Å². The summed E-state index contributed by atoms with van der Waals surface area (Å²) in [6.07, 6.45) is 10.5. The second kappa shape index (κ2) is 9.38. The third-order valence-corrected chi connectivity index (χ3v) is 4.72. The molecular weight excluding hydrogens is 264 g/mol. The molecule has 1 fully saturated rings. The molecule has 0 heterocycles. The number of unbranched alkanes of at least 4 members (excludes halogenated alkanes) is 1. The van der Waals surface area contributed by atoms with Crippen molar-refractivity contribution < 1.29 is 0 Å². The van der Waals surface area contributed by atoms with Crippen LogP contribution in [0.25, 0.3) is 0 Å². The summed E-state index contributed by atoms with van der Waals surface area (Å²) in [7, 11) is 0. The van der Waals surface area contributed by atoms with Gasteiger partial charge in [0.1, 0.15) is 0 Å². The van der Waals surface area contributed by atoms with Gasteiger partial charge in [-0.3, -0.25) is 0 Å². The van der Waals surface area contributed by atoms with Crippen molar-refractivity contribution in [3.63, 3.8) is 0 Å². The van der Waals surface area contributed by atoms with Crippen LogP contribution in [0.3, 0.4) is 0 Å². The normalized spacial score (nSPS) is 20.5. The molecule has 1 aliphatic rings. The van der Waals surface area contributed by atoms with Crippen LogP contribution in [-0.2, 0) is 6.42 Å². The lowest BCUT2D eigenvalue weighted by Crippen LogP contribution is -2.13. The highest BCUT2D eigenvalue weighted by Crippen LogP contribution is 2.31. The Morgan fingerprint density at radius 2 is 1.68 bits per heavy atom. The standard InChI is InChI=1S/C22H28/c1-3-5-8-20-15-17-22(18-16-20)10-7-6-9-21-13-11-19(4-2)12-14-21/h11-14,20,22H,3-5,8,15-18H2,1-2H3. The molecule has 0 unspecified atom stereocenters. The van der Waals surface area contributed by atoms with Crippen molar-refractivity contribution in [1.29, 1.82) is 0 Å². The minimum absolute atomic E-state index is 0.578. The summed E-state index contributed by atoms with van der Waals surface area (Å²) in [6, 6.07) is 8.48. The van der Waals surface area contributed by atoms with Crippen LogP contribution < -0.4 is 0 Å². The molecule has 2 rings (SSSR count). The second-order valence-corrected chi connectivity index (χ2v) is 6.43. The maximum absolute atomic E-state index is 3.37. The predicted octanol–water partition coefficient (Wildman–Crippen LogP) is 5.60. The van der Waals surface area contributed by atoms with Crippen molar-refractivity contribution in [2.45, 2.75) is 65.2 Å². The average molecular weight is 292 g/mol. The number of rotatable bonds is 4. The molecular formula is C22H28. The van der Waals surface area contributed by atoms with Crippen LogP contribution >= 0.6 is 0 Å². The minimum Gasteiger partial charge on any atom is -0.0857 e. The summed E-state index contributed by atoms with van der Waals surface area (Å²) in [5, 5.41) is 0. The Labute approximate surface area is 136 Å². The molecule has 0 spiro atoms. The predicted molar refractivity (Wildman–Crippen MR) is 95.4 cm³/mol. The Hall–Kier alpha value is -1.66. The zero-order valence-corrected chi connectivity index (χ0v) is 14.1. The van der Waals surface area contributed by atoms with Gasteiger partial charge in [-0.2, -0.15) is 0 Å². The SMILES string of the molecule is CCCCC1CCC(C#CC#Cc2ccc(CC)cc2)CC1. The van der Waals surface area contributed by atoms with E-state index >= 15 is 0 Å². The summed E-state index contributed by atoms with van der Waals surface area (Å²) < 4.78 is 0. The third-order valence-electron chi connectivity index (χ3n) is 4.72. The van der Waals surface area contributed by atoms with Gasteiger partial charge in [-0.25, -0.2) is 0 Å². The van der Waals surface area contributed by atoms with Crippen LogP contribution in [-0.4, -0.2) is 0 Å². The summed E-state index contributed by atoms with van der Waals surface area (Å²) in [5.74, 6) is 14.2. The van der Waals surface area contributed by atoms with E-state index in [0.717, 1.165) is 17.9 Å². The Bertz CT molecular complexity index is 548. The first-order chi connectivity index (χ1) is 10.8. The van der Waals surface area contributed by atoms with E-state index in [1.807, 2.05) is 0 Å². The molecule has 0 bridgehead atoms. The monoisotopic (exact) mass is 292 g/mol. The fourth-order valence-electron chi connectivity index (χ4n) is 3.15. The van der Waals surface area contributed by atoms with E-state index < -0.39 is 0 Å². The summed E-state index contributed by atoms with van der Waals surface area (Å²) >= 11 is 0. The molecule has 1 saturated carbocycles. The van der Waals surface area contributed by atoms with E-state index in [1.165, 1.54) is 50.5 Å². The highest BCUT2D eigenvalue weighted by atomic mass is 14.2. The fraction of sp³-hybridized carbons (Fsp3) is 0.545. The van der Waals surface area contributed by atoms with Gasteiger partial charge in [0.2, 0.25) is 0 Å². The summed E-state index contributed by atoms with van der Waals surface area (Å²) in [6.45, 7) is 4.45. The lowest BCUT2D eigenvalue weighted by Gasteiger charge is -2.25. The molecule has 1 aromatic carbocycles. The van der Waals surface area contributed by atoms with E-state index in [1.54, 1.807) is 0 Å². The smallest absolute Gasteiger partial charge is 0.0255 e. The van der Waals surface area contributed by atoms with Crippen LogP contribution in [0.2, 0.25) is 0 Å². The largest absolute Gasteiger partial charge is 0.0857 e. The molecule has 0 aliphatic heterocycles. The van der Waals surface area contributed by atoms with E-state index in [4.69, 9.17) is 0 Å². The van der Waals surface area contributed by atoms with Crippen LogP contribution in [0, 0.1) is 35.5 Å². The van der Waals surface area contributed by atoms with Gasteiger partial charge in [-0.1, -0.05) is 57.1 Å². The van der Waals surface area contributed by atoms with E-state index in [2.05, 4.69) is 61.8 Å². The number of aryl methyl sites for hydroxylation is 1. The molecule has 22 heavy (non-hydrogen) atoms. The number of hydrogen-bond acceptors (Lipinski definition) is 0. The number of hydrogen-bond donors (Lipinski definition) is 0. The van der Waals surface area contributed by atoms with Gasteiger partial charge in [0.05, 0.1) is 0 Å². The molecule has 1 aromatic rings. The molecule has 0 radical (unpaired) electrons. The van der Waals surface area contributed by atoms with Gasteiger partial charge in [0, 0.05) is 11.5 Å². The second-order valence-electron chi connectivity index (χ2n) is 6.43. The van der Waals surface area contributed by atoms with Crippen LogP contribution in [0.15, 0.2) is 24.3 Å². The lowest BCUT2D eigenvalue weighted by molar-refractivity contribution is 0.296. The quantitative estimate of drug-likeness (QED) is 0.634. The Morgan fingerprint density at radius 3 is 2.32 bits per heavy atom. The minimum atomic E-state index is 0.578. The van der Waals surface area contributed by atoms with Crippen molar-refractivity contribution in [3.05, 3.63) is 35.4 Å². The third kappa shape index (κ3) is 5.61. The zero-order valence-electron chi connectivity index (χ0n) is 14.1. The van der Waals surface area contributed by atoms with Gasteiger partial charge in [0.15, 0.2) is 0 Å². The van der Waals surface area contributed by atoms with Crippen molar-refractivity contribution in [3.8, 4) is 23.7 Å². The molecule has 1 aliphatic carbocycles. The van der Waals surface area contributed by atoms with E-state index in [0.29, 0.717) is 5.92 Å². The summed E-state index contributed by atoms with van der Waals surface area (Å²) in [5.41, 5.74) is 2.42. The van der Waals surface area contributed by atoms with Crippen LogP contribution in [0.4, 0.5) is 0 Å². The molecule has 0 nitrogen and oxygen atoms in total. The van der Waals surface area contributed by atoms with Gasteiger partial charge in [0.25, 0.3) is 0 Å². The van der Waals surface area contributed by atoms with Crippen molar-refractivity contribution in [2.75, 3.05) is 0 Å². The first kappa shape index (κ1) is 16.7. The van der Waals surface area contributed by atoms with Crippen LogP contribution in [0.1, 0.15) is 69.9 Å². The average Bonchev–Trinajstić information content (AvgIpc) is 2.58.